The minimum Gasteiger partial charge on any atom is -0.489 e. The van der Waals surface area contributed by atoms with Crippen LogP contribution >= 0.6 is 0 Å². The smallest absolute Gasteiger partial charge is 0.237 e. The Morgan fingerprint density at radius 3 is 2.71 bits per heavy atom. The number of fused-ring (bicyclic) bond motifs is 3. The highest BCUT2D eigenvalue weighted by atomic mass is 16.5. The van der Waals surface area contributed by atoms with Gasteiger partial charge < -0.3 is 24.6 Å². The number of benzene rings is 2. The van der Waals surface area contributed by atoms with Crippen molar-refractivity contribution < 1.29 is 9.47 Å². The van der Waals surface area contributed by atoms with E-state index in [-0.39, 0.29) is 0 Å². The third kappa shape index (κ3) is 5.15. The number of hydrogen-bond donors (Lipinski definition) is 1. The molecule has 0 bridgehead atoms. The van der Waals surface area contributed by atoms with E-state index in [4.69, 9.17) is 14.5 Å². The summed E-state index contributed by atoms with van der Waals surface area (Å²) in [4.78, 5) is 13.7. The van der Waals surface area contributed by atoms with Crippen LogP contribution < -0.4 is 19.7 Å². The number of aromatic nitrogens is 2. The molecule has 4 aromatic rings. The Balaban J connectivity index is 1.49. The molecular formula is C28H31N5O2. The summed E-state index contributed by atoms with van der Waals surface area (Å²) in [6.45, 7) is 3.09. The molecular weight excluding hydrogens is 438 g/mol. The maximum Gasteiger partial charge on any atom is 0.237 e. The Bertz CT molecular complexity index is 1310. The van der Waals surface area contributed by atoms with Gasteiger partial charge in [-0.05, 0) is 56.4 Å². The predicted molar refractivity (Wildman–Crippen MR) is 142 cm³/mol. The molecule has 0 radical (unpaired) electrons. The third-order valence-electron chi connectivity index (χ3n) is 6.11. The molecule has 1 aliphatic rings. The number of rotatable bonds is 8. The molecule has 7 nitrogen and oxygen atoms in total. The lowest BCUT2D eigenvalue weighted by atomic mass is 10.0. The van der Waals surface area contributed by atoms with Gasteiger partial charge in [0.1, 0.15) is 12.3 Å². The van der Waals surface area contributed by atoms with Crippen LogP contribution in [0.2, 0.25) is 0 Å². The summed E-state index contributed by atoms with van der Waals surface area (Å²) in [5.41, 5.74) is 5.80. The molecule has 35 heavy (non-hydrogen) atoms. The SMILES string of the molecule is CN(C)CCCOc1ncc(-c2ccc3ncc4c(c3c2)OCCN4C)cc1Nc1ccccc1. The molecule has 3 heterocycles. The number of nitrogens with zero attached hydrogens (tertiary/aromatic N) is 4. The fraction of sp³-hybridized carbons (Fsp3) is 0.286. The van der Waals surface area contributed by atoms with Crippen molar-refractivity contribution in [2.45, 2.75) is 6.42 Å². The van der Waals surface area contributed by atoms with E-state index >= 15 is 0 Å². The number of pyridine rings is 2. The standard InChI is InChI=1S/C28H31N5O2/c1-32(2)12-7-14-35-28-25(31-22-8-5-4-6-9-22)17-21(18-30-28)20-10-11-24-23(16-20)27-26(19-29-24)33(3)13-15-34-27/h4-6,8-11,16-19,31H,7,12-15H2,1-3H3. The van der Waals surface area contributed by atoms with Crippen LogP contribution in [0.1, 0.15) is 6.42 Å². The van der Waals surface area contributed by atoms with Crippen LogP contribution in [0.15, 0.2) is 67.0 Å². The number of ether oxygens (including phenoxy) is 2. The molecule has 0 spiro atoms. The fourth-order valence-electron chi connectivity index (χ4n) is 4.21. The number of anilines is 3. The van der Waals surface area contributed by atoms with Crippen molar-refractivity contribution in [2.75, 3.05) is 57.7 Å². The van der Waals surface area contributed by atoms with Gasteiger partial charge in [0.05, 0.1) is 30.6 Å². The van der Waals surface area contributed by atoms with E-state index in [1.807, 2.05) is 48.8 Å². The zero-order valence-electron chi connectivity index (χ0n) is 20.5. The van der Waals surface area contributed by atoms with Crippen LogP contribution in [0.3, 0.4) is 0 Å². The summed E-state index contributed by atoms with van der Waals surface area (Å²) < 4.78 is 12.1. The van der Waals surface area contributed by atoms with Gasteiger partial charge in [0, 0.05) is 36.4 Å². The second kappa shape index (κ2) is 10.2. The average Bonchev–Trinajstić information content (AvgIpc) is 2.87. The minimum absolute atomic E-state index is 0.598. The molecule has 2 aromatic carbocycles. The van der Waals surface area contributed by atoms with E-state index < -0.39 is 0 Å². The van der Waals surface area contributed by atoms with Crippen LogP contribution in [0, 0.1) is 0 Å². The van der Waals surface area contributed by atoms with Crippen LogP contribution in [0.4, 0.5) is 17.1 Å². The van der Waals surface area contributed by atoms with E-state index in [0.717, 1.165) is 64.4 Å². The minimum atomic E-state index is 0.598. The summed E-state index contributed by atoms with van der Waals surface area (Å²) in [7, 11) is 6.20. The first-order valence-electron chi connectivity index (χ1n) is 12.0. The maximum absolute atomic E-state index is 6.07. The highest BCUT2D eigenvalue weighted by molar-refractivity contribution is 5.94. The molecule has 0 aliphatic carbocycles. The molecule has 0 unspecified atom stereocenters. The fourth-order valence-corrected chi connectivity index (χ4v) is 4.21. The van der Waals surface area contributed by atoms with Crippen molar-refractivity contribution in [1.82, 2.24) is 14.9 Å². The Morgan fingerprint density at radius 2 is 1.89 bits per heavy atom. The van der Waals surface area contributed by atoms with E-state index in [2.05, 4.69) is 59.4 Å². The second-order valence-corrected chi connectivity index (χ2v) is 9.05. The normalized spacial score (nSPS) is 13.0. The van der Waals surface area contributed by atoms with Crippen molar-refractivity contribution in [3.63, 3.8) is 0 Å². The Hall–Kier alpha value is -3.84. The summed E-state index contributed by atoms with van der Waals surface area (Å²) in [5.74, 6) is 1.49. The Kier molecular flexibility index (Phi) is 6.68. The van der Waals surface area contributed by atoms with Gasteiger partial charge in [-0.25, -0.2) is 4.98 Å². The zero-order chi connectivity index (χ0) is 24.2. The van der Waals surface area contributed by atoms with E-state index in [0.29, 0.717) is 19.1 Å². The van der Waals surface area contributed by atoms with Crippen molar-refractivity contribution >= 4 is 28.0 Å². The van der Waals surface area contributed by atoms with Gasteiger partial charge in [-0.3, -0.25) is 4.98 Å². The summed E-state index contributed by atoms with van der Waals surface area (Å²) >= 11 is 0. The summed E-state index contributed by atoms with van der Waals surface area (Å²) in [6, 6.07) is 18.4. The highest BCUT2D eigenvalue weighted by Crippen LogP contribution is 2.39. The molecule has 0 fully saturated rings. The molecule has 180 valence electrons. The van der Waals surface area contributed by atoms with Crippen LogP contribution in [-0.2, 0) is 0 Å². The predicted octanol–water partition coefficient (Wildman–Crippen LogP) is 5.20. The third-order valence-corrected chi connectivity index (χ3v) is 6.11. The Labute approximate surface area is 206 Å². The lowest BCUT2D eigenvalue weighted by Crippen LogP contribution is -2.29. The molecule has 0 amide bonds. The van der Waals surface area contributed by atoms with Crippen LogP contribution in [0.5, 0.6) is 11.6 Å². The van der Waals surface area contributed by atoms with Gasteiger partial charge in [0.15, 0.2) is 5.75 Å². The van der Waals surface area contributed by atoms with Gasteiger partial charge in [0.2, 0.25) is 5.88 Å². The highest BCUT2D eigenvalue weighted by Gasteiger charge is 2.19. The van der Waals surface area contributed by atoms with Gasteiger partial charge >= 0.3 is 0 Å². The zero-order valence-corrected chi connectivity index (χ0v) is 20.5. The average molecular weight is 470 g/mol. The van der Waals surface area contributed by atoms with Gasteiger partial charge in [-0.15, -0.1) is 0 Å². The molecule has 1 aliphatic heterocycles. The second-order valence-electron chi connectivity index (χ2n) is 9.05. The molecule has 0 saturated heterocycles. The number of para-hydroxylation sites is 1. The summed E-state index contributed by atoms with van der Waals surface area (Å²) in [5, 5.41) is 4.49. The number of likely N-dealkylation sites (N-methyl/N-ethyl adjacent to an activating group) is 1. The topological polar surface area (TPSA) is 62.8 Å². The summed E-state index contributed by atoms with van der Waals surface area (Å²) in [6.07, 6.45) is 4.69. The number of hydrogen-bond acceptors (Lipinski definition) is 7. The van der Waals surface area contributed by atoms with Gasteiger partial charge in [-0.2, -0.15) is 0 Å². The molecule has 7 heteroatoms. The van der Waals surface area contributed by atoms with E-state index in [1.165, 1.54) is 0 Å². The van der Waals surface area contributed by atoms with Crippen molar-refractivity contribution in [1.29, 1.82) is 0 Å². The molecule has 2 aromatic heterocycles. The first-order chi connectivity index (χ1) is 17.1. The van der Waals surface area contributed by atoms with Crippen LogP contribution in [0.25, 0.3) is 22.0 Å². The largest absolute Gasteiger partial charge is 0.489 e. The van der Waals surface area contributed by atoms with E-state index in [1.54, 1.807) is 0 Å². The quantitative estimate of drug-likeness (QED) is 0.356. The van der Waals surface area contributed by atoms with Crippen LogP contribution in [-0.4, -0.2) is 62.3 Å². The first kappa shape index (κ1) is 22.9. The van der Waals surface area contributed by atoms with Gasteiger partial charge in [-0.1, -0.05) is 24.3 Å². The lowest BCUT2D eigenvalue weighted by molar-refractivity contribution is 0.274. The lowest BCUT2D eigenvalue weighted by Gasteiger charge is -2.28. The van der Waals surface area contributed by atoms with Crippen molar-refractivity contribution in [2.24, 2.45) is 0 Å². The molecule has 0 saturated carbocycles. The van der Waals surface area contributed by atoms with Crippen molar-refractivity contribution in [3.8, 4) is 22.8 Å². The first-order valence-corrected chi connectivity index (χ1v) is 12.0. The Morgan fingerprint density at radius 1 is 1.03 bits per heavy atom. The number of nitrogens with one attached hydrogen (secondary N) is 1. The molecule has 1 N–H and O–H groups in total. The molecule has 0 atom stereocenters. The molecule has 5 rings (SSSR count). The van der Waals surface area contributed by atoms with Gasteiger partial charge in [0.25, 0.3) is 0 Å². The monoisotopic (exact) mass is 469 g/mol. The van der Waals surface area contributed by atoms with E-state index in [9.17, 15) is 0 Å². The maximum atomic E-state index is 6.07. The van der Waals surface area contributed by atoms with Crippen molar-refractivity contribution in [3.05, 3.63) is 67.0 Å².